The highest BCUT2D eigenvalue weighted by atomic mass is 32.2. The number of carbonyl (C=O) groups excluding carboxylic acids is 1. The van der Waals surface area contributed by atoms with Crippen molar-refractivity contribution in [2.75, 3.05) is 24.2 Å². The van der Waals surface area contributed by atoms with E-state index in [0.717, 1.165) is 11.1 Å². The summed E-state index contributed by atoms with van der Waals surface area (Å²) in [4.78, 5) is 20.0. The van der Waals surface area contributed by atoms with Gasteiger partial charge in [-0.25, -0.2) is 8.42 Å². The van der Waals surface area contributed by atoms with Gasteiger partial charge in [0, 0.05) is 13.6 Å². The van der Waals surface area contributed by atoms with Gasteiger partial charge in [-0.05, 0) is 49.1 Å². The van der Waals surface area contributed by atoms with Gasteiger partial charge < -0.3 is 14.2 Å². The molecular weight excluding hydrogens is 452 g/mol. The summed E-state index contributed by atoms with van der Waals surface area (Å²) in [7, 11) is -1.88. The predicted octanol–water partition coefficient (Wildman–Crippen LogP) is 3.40. The molecule has 32 heavy (non-hydrogen) atoms. The molecule has 11 heteroatoms. The summed E-state index contributed by atoms with van der Waals surface area (Å²) < 4.78 is 35.8. The average Bonchev–Trinajstić information content (AvgIpc) is 3.46. The molecule has 0 fully saturated rings. The van der Waals surface area contributed by atoms with E-state index in [1.165, 1.54) is 22.7 Å². The summed E-state index contributed by atoms with van der Waals surface area (Å²) in [5.41, 5.74) is 0.507. The van der Waals surface area contributed by atoms with Crippen LogP contribution in [0, 0.1) is 0 Å². The summed E-state index contributed by atoms with van der Waals surface area (Å²) in [6, 6.07) is 10.4. The van der Waals surface area contributed by atoms with E-state index in [9.17, 15) is 13.2 Å². The Balaban J connectivity index is 1.67. The highest BCUT2D eigenvalue weighted by Gasteiger charge is 2.26. The molecule has 0 saturated heterocycles. The standard InChI is InChI=1S/C21H26N4O5S2/c1-5-17(29-16-11-9-15(10-12-16)24(3)32(4,27)28)21(26)25(6-2)14-19-22-20(23-30-19)18-8-7-13-31-18/h7-13,17H,5-6,14H2,1-4H3. The van der Waals surface area contributed by atoms with Gasteiger partial charge in [-0.15, -0.1) is 11.3 Å². The van der Waals surface area contributed by atoms with Crippen LogP contribution in [0.25, 0.3) is 10.7 Å². The van der Waals surface area contributed by atoms with E-state index in [1.54, 1.807) is 29.2 Å². The van der Waals surface area contributed by atoms with Gasteiger partial charge in [-0.2, -0.15) is 4.98 Å². The van der Waals surface area contributed by atoms with Crippen LogP contribution in [-0.2, 0) is 21.4 Å². The molecule has 0 aliphatic carbocycles. The Bertz CT molecular complexity index is 1130. The van der Waals surface area contributed by atoms with E-state index in [2.05, 4.69) is 10.1 Å². The lowest BCUT2D eigenvalue weighted by molar-refractivity contribution is -0.139. The number of benzene rings is 1. The number of amides is 1. The number of thiophene rings is 1. The van der Waals surface area contributed by atoms with Crippen LogP contribution in [0.3, 0.4) is 0 Å². The lowest BCUT2D eigenvalue weighted by Gasteiger charge is -2.25. The summed E-state index contributed by atoms with van der Waals surface area (Å²) in [6.07, 6.45) is 0.896. The predicted molar refractivity (Wildman–Crippen MR) is 123 cm³/mol. The number of sulfonamides is 1. The zero-order valence-corrected chi connectivity index (χ0v) is 20.0. The van der Waals surface area contributed by atoms with Crippen LogP contribution in [0.5, 0.6) is 5.75 Å². The van der Waals surface area contributed by atoms with Crippen LogP contribution in [0.4, 0.5) is 5.69 Å². The smallest absolute Gasteiger partial charge is 0.264 e. The van der Waals surface area contributed by atoms with Crippen molar-refractivity contribution < 1.29 is 22.5 Å². The second-order valence-corrected chi connectivity index (χ2v) is 10.0. The van der Waals surface area contributed by atoms with Crippen LogP contribution in [0.2, 0.25) is 0 Å². The minimum absolute atomic E-state index is 0.186. The van der Waals surface area contributed by atoms with E-state index >= 15 is 0 Å². The van der Waals surface area contributed by atoms with Crippen molar-refractivity contribution in [1.29, 1.82) is 0 Å². The monoisotopic (exact) mass is 478 g/mol. The fourth-order valence-electron chi connectivity index (χ4n) is 2.94. The number of hydrogen-bond donors (Lipinski definition) is 0. The molecule has 0 aliphatic heterocycles. The Labute approximate surface area is 191 Å². The van der Waals surface area contributed by atoms with Gasteiger partial charge in [0.15, 0.2) is 6.10 Å². The van der Waals surface area contributed by atoms with E-state index < -0.39 is 16.1 Å². The van der Waals surface area contributed by atoms with Crippen LogP contribution in [-0.4, -0.2) is 55.3 Å². The van der Waals surface area contributed by atoms with Crippen molar-refractivity contribution in [2.45, 2.75) is 32.9 Å². The summed E-state index contributed by atoms with van der Waals surface area (Å²) in [5.74, 6) is 1.14. The Morgan fingerprint density at radius 2 is 1.94 bits per heavy atom. The Kier molecular flexibility index (Phi) is 7.52. The minimum Gasteiger partial charge on any atom is -0.481 e. The van der Waals surface area contributed by atoms with Crippen LogP contribution in [0.15, 0.2) is 46.3 Å². The SMILES string of the molecule is CCC(Oc1ccc(N(C)S(C)(=O)=O)cc1)C(=O)N(CC)Cc1nc(-c2cccs2)no1. The average molecular weight is 479 g/mol. The van der Waals surface area contributed by atoms with E-state index in [0.29, 0.717) is 36.1 Å². The first-order valence-corrected chi connectivity index (χ1v) is 12.8. The number of carbonyl (C=O) groups is 1. The van der Waals surface area contributed by atoms with Crippen molar-refractivity contribution >= 4 is 33.0 Å². The molecule has 2 heterocycles. The Morgan fingerprint density at radius 3 is 2.50 bits per heavy atom. The Hall–Kier alpha value is -2.92. The first kappa shape index (κ1) is 23.7. The molecule has 1 unspecified atom stereocenters. The van der Waals surface area contributed by atoms with Gasteiger partial charge in [0.1, 0.15) is 12.3 Å². The number of rotatable bonds is 10. The second kappa shape index (κ2) is 10.1. The largest absolute Gasteiger partial charge is 0.481 e. The van der Waals surface area contributed by atoms with Gasteiger partial charge >= 0.3 is 0 Å². The van der Waals surface area contributed by atoms with Gasteiger partial charge in [-0.3, -0.25) is 9.10 Å². The van der Waals surface area contributed by atoms with Crippen molar-refractivity contribution in [1.82, 2.24) is 15.0 Å². The van der Waals surface area contributed by atoms with Crippen molar-refractivity contribution in [3.05, 3.63) is 47.7 Å². The lowest BCUT2D eigenvalue weighted by Crippen LogP contribution is -2.41. The van der Waals surface area contributed by atoms with Gasteiger partial charge in [0.2, 0.25) is 21.7 Å². The zero-order valence-electron chi connectivity index (χ0n) is 18.4. The molecule has 1 amide bonds. The fourth-order valence-corrected chi connectivity index (χ4v) is 4.09. The number of hydrogen-bond acceptors (Lipinski definition) is 8. The number of anilines is 1. The molecule has 9 nitrogen and oxygen atoms in total. The third-order valence-corrected chi connectivity index (χ3v) is 6.92. The molecular formula is C21H26N4O5S2. The first-order chi connectivity index (χ1) is 15.2. The number of ether oxygens (including phenoxy) is 1. The first-order valence-electron chi connectivity index (χ1n) is 10.1. The molecule has 0 bridgehead atoms. The van der Waals surface area contributed by atoms with Crippen molar-refractivity contribution in [2.24, 2.45) is 0 Å². The molecule has 1 atom stereocenters. The molecule has 0 radical (unpaired) electrons. The van der Waals surface area contributed by atoms with Gasteiger partial charge in [0.05, 0.1) is 16.8 Å². The maximum Gasteiger partial charge on any atom is 0.264 e. The molecule has 2 aromatic heterocycles. The molecule has 3 aromatic rings. The Morgan fingerprint density at radius 1 is 1.22 bits per heavy atom. The van der Waals surface area contributed by atoms with Crippen LogP contribution < -0.4 is 9.04 Å². The molecule has 1 aromatic carbocycles. The van der Waals surface area contributed by atoms with E-state index in [4.69, 9.17) is 9.26 Å². The van der Waals surface area contributed by atoms with E-state index in [-0.39, 0.29) is 12.5 Å². The van der Waals surface area contributed by atoms with Crippen molar-refractivity contribution in [3.8, 4) is 16.5 Å². The van der Waals surface area contributed by atoms with Gasteiger partial charge in [-0.1, -0.05) is 18.1 Å². The maximum absolute atomic E-state index is 13.1. The lowest BCUT2D eigenvalue weighted by atomic mass is 10.2. The number of aromatic nitrogens is 2. The van der Waals surface area contributed by atoms with Crippen LogP contribution >= 0.6 is 11.3 Å². The third-order valence-electron chi connectivity index (χ3n) is 4.85. The molecule has 0 spiro atoms. The molecule has 0 N–H and O–H groups in total. The molecule has 0 saturated carbocycles. The normalized spacial score (nSPS) is 12.4. The minimum atomic E-state index is -3.35. The quantitative estimate of drug-likeness (QED) is 0.440. The second-order valence-electron chi connectivity index (χ2n) is 7.08. The molecule has 172 valence electrons. The number of nitrogens with zero attached hydrogens (tertiary/aromatic N) is 4. The van der Waals surface area contributed by atoms with Crippen molar-refractivity contribution in [3.63, 3.8) is 0 Å². The fraction of sp³-hybridized carbons (Fsp3) is 0.381. The van der Waals surface area contributed by atoms with E-state index in [1.807, 2.05) is 31.4 Å². The summed E-state index contributed by atoms with van der Waals surface area (Å²) in [5, 5.41) is 5.92. The van der Waals surface area contributed by atoms with Crippen LogP contribution in [0.1, 0.15) is 26.2 Å². The topological polar surface area (TPSA) is 106 Å². The summed E-state index contributed by atoms with van der Waals surface area (Å²) >= 11 is 1.51. The molecule has 3 rings (SSSR count). The maximum atomic E-state index is 13.1. The number of likely N-dealkylation sites (N-methyl/N-ethyl adjacent to an activating group) is 1. The highest BCUT2D eigenvalue weighted by Crippen LogP contribution is 2.23. The molecule has 0 aliphatic rings. The summed E-state index contributed by atoms with van der Waals surface area (Å²) in [6.45, 7) is 4.37. The van der Waals surface area contributed by atoms with Gasteiger partial charge in [0.25, 0.3) is 5.91 Å². The zero-order chi connectivity index (χ0) is 23.3. The third kappa shape index (κ3) is 5.65. The highest BCUT2D eigenvalue weighted by molar-refractivity contribution is 7.92.